The number of furan rings is 1. The summed E-state index contributed by atoms with van der Waals surface area (Å²) in [6.45, 7) is 1.29. The summed E-state index contributed by atoms with van der Waals surface area (Å²) in [6, 6.07) is 12.1. The van der Waals surface area contributed by atoms with Crippen LogP contribution >= 0.6 is 22.6 Å². The molecule has 0 radical (unpaired) electrons. The summed E-state index contributed by atoms with van der Waals surface area (Å²) in [7, 11) is 1.70. The van der Waals surface area contributed by atoms with Crippen molar-refractivity contribution in [1.29, 1.82) is 0 Å². The first-order valence-corrected chi connectivity index (χ1v) is 6.42. The van der Waals surface area contributed by atoms with Crippen molar-refractivity contribution in [2.75, 3.05) is 12.4 Å². The maximum atomic E-state index is 5.50. The summed E-state index contributed by atoms with van der Waals surface area (Å²) in [5.74, 6) is 0.932. The molecule has 0 aliphatic rings. The van der Waals surface area contributed by atoms with Crippen LogP contribution < -0.4 is 5.32 Å². The lowest BCUT2D eigenvalue weighted by atomic mass is 10.2. The third kappa shape index (κ3) is 3.47. The molecule has 0 saturated carbocycles. The van der Waals surface area contributed by atoms with Gasteiger partial charge in [-0.15, -0.1) is 0 Å². The summed E-state index contributed by atoms with van der Waals surface area (Å²) in [5.41, 5.74) is 2.23. The van der Waals surface area contributed by atoms with Gasteiger partial charge < -0.3 is 14.5 Å². The molecule has 1 aromatic heterocycles. The van der Waals surface area contributed by atoms with Gasteiger partial charge in [-0.05, 0) is 40.8 Å². The molecule has 0 bridgehead atoms. The zero-order valence-electron chi connectivity index (χ0n) is 9.57. The SMILES string of the molecule is COCc1ccccc1NCc1ccc(I)o1. The van der Waals surface area contributed by atoms with E-state index in [4.69, 9.17) is 9.15 Å². The average molecular weight is 343 g/mol. The molecule has 2 aromatic rings. The fourth-order valence-electron chi connectivity index (χ4n) is 1.60. The van der Waals surface area contributed by atoms with Gasteiger partial charge in [0.25, 0.3) is 0 Å². The molecule has 0 saturated heterocycles. The quantitative estimate of drug-likeness (QED) is 0.842. The van der Waals surface area contributed by atoms with Crippen molar-refractivity contribution in [2.24, 2.45) is 0 Å². The van der Waals surface area contributed by atoms with Crippen molar-refractivity contribution < 1.29 is 9.15 Å². The van der Waals surface area contributed by atoms with E-state index >= 15 is 0 Å². The van der Waals surface area contributed by atoms with E-state index in [9.17, 15) is 0 Å². The van der Waals surface area contributed by atoms with Gasteiger partial charge in [-0.3, -0.25) is 0 Å². The summed E-state index contributed by atoms with van der Waals surface area (Å²) in [4.78, 5) is 0. The van der Waals surface area contributed by atoms with Crippen molar-refractivity contribution in [3.63, 3.8) is 0 Å². The molecule has 0 aliphatic heterocycles. The molecule has 0 amide bonds. The van der Waals surface area contributed by atoms with Crippen molar-refractivity contribution in [1.82, 2.24) is 0 Å². The van der Waals surface area contributed by atoms with Crippen molar-refractivity contribution in [3.05, 3.63) is 51.5 Å². The molecular weight excluding hydrogens is 329 g/mol. The first kappa shape index (κ1) is 12.4. The van der Waals surface area contributed by atoms with Crippen LogP contribution in [-0.4, -0.2) is 7.11 Å². The monoisotopic (exact) mass is 343 g/mol. The number of hydrogen-bond acceptors (Lipinski definition) is 3. The highest BCUT2D eigenvalue weighted by molar-refractivity contribution is 14.1. The second-order valence-electron chi connectivity index (χ2n) is 3.65. The van der Waals surface area contributed by atoms with E-state index < -0.39 is 0 Å². The Balaban J connectivity index is 2.03. The maximum Gasteiger partial charge on any atom is 0.164 e. The lowest BCUT2D eigenvalue weighted by molar-refractivity contribution is 0.185. The Bertz CT molecular complexity index is 482. The molecule has 0 spiro atoms. The molecule has 0 aliphatic carbocycles. The fourth-order valence-corrected chi connectivity index (χ4v) is 2.07. The first-order chi connectivity index (χ1) is 8.29. The van der Waals surface area contributed by atoms with Crippen LogP contribution in [0, 0.1) is 3.77 Å². The van der Waals surface area contributed by atoms with E-state index in [0.717, 1.165) is 20.8 Å². The Morgan fingerprint density at radius 1 is 1.24 bits per heavy atom. The second-order valence-corrected chi connectivity index (χ2v) is 4.71. The van der Waals surface area contributed by atoms with Gasteiger partial charge in [0.15, 0.2) is 3.77 Å². The smallest absolute Gasteiger partial charge is 0.164 e. The molecule has 1 heterocycles. The maximum absolute atomic E-state index is 5.50. The van der Waals surface area contributed by atoms with Gasteiger partial charge in [0, 0.05) is 18.4 Å². The minimum Gasteiger partial charge on any atom is -0.454 e. The summed E-state index contributed by atoms with van der Waals surface area (Å²) < 4.78 is 11.6. The zero-order valence-corrected chi connectivity index (χ0v) is 11.7. The van der Waals surface area contributed by atoms with E-state index in [2.05, 4.69) is 34.0 Å². The third-order valence-electron chi connectivity index (χ3n) is 2.40. The second kappa shape index (κ2) is 6.07. The highest BCUT2D eigenvalue weighted by Crippen LogP contribution is 2.18. The number of hydrogen-bond donors (Lipinski definition) is 1. The third-order valence-corrected chi connectivity index (χ3v) is 2.98. The molecule has 4 heteroatoms. The lowest BCUT2D eigenvalue weighted by Crippen LogP contribution is -2.02. The Kier molecular flexibility index (Phi) is 4.44. The van der Waals surface area contributed by atoms with Crippen LogP contribution in [0.25, 0.3) is 0 Å². The van der Waals surface area contributed by atoms with Gasteiger partial charge in [0.1, 0.15) is 5.76 Å². The van der Waals surface area contributed by atoms with Crippen LogP contribution in [0.15, 0.2) is 40.8 Å². The van der Waals surface area contributed by atoms with E-state index in [1.165, 1.54) is 0 Å². The fraction of sp³-hybridized carbons (Fsp3) is 0.231. The molecule has 3 nitrogen and oxygen atoms in total. The number of halogens is 1. The van der Waals surface area contributed by atoms with E-state index in [1.54, 1.807) is 7.11 Å². The summed E-state index contributed by atoms with van der Waals surface area (Å²) >= 11 is 2.16. The minimum absolute atomic E-state index is 0.610. The predicted molar refractivity (Wildman–Crippen MR) is 75.9 cm³/mol. The molecular formula is C13H14INO2. The minimum atomic E-state index is 0.610. The molecule has 0 fully saturated rings. The highest BCUT2D eigenvalue weighted by atomic mass is 127. The number of para-hydroxylation sites is 1. The van der Waals surface area contributed by atoms with Crippen LogP contribution in [0.1, 0.15) is 11.3 Å². The summed E-state index contributed by atoms with van der Waals surface area (Å²) in [6.07, 6.45) is 0. The van der Waals surface area contributed by atoms with Crippen molar-refractivity contribution in [2.45, 2.75) is 13.2 Å². The largest absolute Gasteiger partial charge is 0.454 e. The van der Waals surface area contributed by atoms with Gasteiger partial charge >= 0.3 is 0 Å². The zero-order chi connectivity index (χ0) is 12.1. The van der Waals surface area contributed by atoms with Crippen LogP contribution in [0.5, 0.6) is 0 Å². The first-order valence-electron chi connectivity index (χ1n) is 5.34. The van der Waals surface area contributed by atoms with Crippen LogP contribution in [0.3, 0.4) is 0 Å². The topological polar surface area (TPSA) is 34.4 Å². The Labute approximate surface area is 114 Å². The molecule has 17 heavy (non-hydrogen) atoms. The highest BCUT2D eigenvalue weighted by Gasteiger charge is 2.03. The molecule has 0 atom stereocenters. The van der Waals surface area contributed by atoms with Gasteiger partial charge in [-0.2, -0.15) is 0 Å². The van der Waals surface area contributed by atoms with Crippen molar-refractivity contribution >= 4 is 28.3 Å². The average Bonchev–Trinajstić information content (AvgIpc) is 2.74. The van der Waals surface area contributed by atoms with Crippen molar-refractivity contribution in [3.8, 4) is 0 Å². The number of ether oxygens (including phenoxy) is 1. The van der Waals surface area contributed by atoms with Crippen LogP contribution in [-0.2, 0) is 17.9 Å². The molecule has 2 rings (SSSR count). The Morgan fingerprint density at radius 3 is 2.76 bits per heavy atom. The molecule has 1 aromatic carbocycles. The Morgan fingerprint density at radius 2 is 2.06 bits per heavy atom. The predicted octanol–water partition coefficient (Wildman–Crippen LogP) is 3.64. The van der Waals surface area contributed by atoms with E-state index in [1.807, 2.05) is 30.3 Å². The lowest BCUT2D eigenvalue weighted by Gasteiger charge is -2.10. The number of rotatable bonds is 5. The summed E-state index contributed by atoms with van der Waals surface area (Å²) in [5, 5.41) is 3.35. The number of methoxy groups -OCH3 is 1. The van der Waals surface area contributed by atoms with E-state index in [-0.39, 0.29) is 0 Å². The van der Waals surface area contributed by atoms with Crippen LogP contribution in [0.4, 0.5) is 5.69 Å². The van der Waals surface area contributed by atoms with Gasteiger partial charge in [0.2, 0.25) is 0 Å². The van der Waals surface area contributed by atoms with Gasteiger partial charge in [-0.1, -0.05) is 18.2 Å². The number of benzene rings is 1. The molecule has 1 N–H and O–H groups in total. The molecule has 0 unspecified atom stereocenters. The Hall–Kier alpha value is -1.01. The standard InChI is InChI=1S/C13H14INO2/c1-16-9-10-4-2-3-5-12(10)15-8-11-6-7-13(14)17-11/h2-7,15H,8-9H2,1H3. The normalized spacial score (nSPS) is 10.5. The van der Waals surface area contributed by atoms with Crippen LogP contribution in [0.2, 0.25) is 0 Å². The number of nitrogens with one attached hydrogen (secondary N) is 1. The number of anilines is 1. The van der Waals surface area contributed by atoms with Gasteiger partial charge in [-0.25, -0.2) is 0 Å². The van der Waals surface area contributed by atoms with E-state index in [0.29, 0.717) is 13.2 Å². The molecule has 90 valence electrons. The van der Waals surface area contributed by atoms with Gasteiger partial charge in [0.05, 0.1) is 13.2 Å².